The molecule has 12 heteroatoms. The molecule has 1 rings (SSSR count). The molecule has 0 radical (unpaired) electrons. The predicted octanol–water partition coefficient (Wildman–Crippen LogP) is 4.09. The Morgan fingerprint density at radius 3 is 1.02 bits per heavy atom. The molecule has 0 amide bonds. The molecule has 0 heterocycles. The fourth-order valence-corrected chi connectivity index (χ4v) is 3.77. The highest BCUT2D eigenvalue weighted by Gasteiger charge is 2.28. The molecular weight excluding hydrogens is 540 g/mol. The van der Waals surface area contributed by atoms with Crippen LogP contribution >= 0.6 is 0 Å². The number of hydrogen-bond acceptors (Lipinski definition) is 12. The topological polar surface area (TPSA) is 198 Å². The molecule has 222 valence electrons. The van der Waals surface area contributed by atoms with Crippen LogP contribution < -0.4 is 0 Å². The number of nitrogens with zero attached hydrogens (tertiary/aromatic N) is 6. The first-order valence-electron chi connectivity index (χ1n) is 13.6. The molecule has 0 aliphatic rings. The third kappa shape index (κ3) is 15.1. The molecule has 1 aromatic rings. The van der Waals surface area contributed by atoms with E-state index >= 15 is 0 Å². The molecule has 0 aliphatic carbocycles. The first kappa shape index (κ1) is 35.9. The van der Waals surface area contributed by atoms with E-state index in [1.165, 1.54) is 0 Å². The maximum atomic E-state index is 9.03. The second-order valence-corrected chi connectivity index (χ2v) is 8.67. The molecule has 0 spiro atoms. The minimum absolute atomic E-state index is 0.112. The Morgan fingerprint density at radius 1 is 0.429 bits per heavy atom. The van der Waals surface area contributed by atoms with Gasteiger partial charge >= 0.3 is 0 Å². The Balaban J connectivity index is 3.29. The van der Waals surface area contributed by atoms with E-state index in [2.05, 4.69) is 12.1 Å². The van der Waals surface area contributed by atoms with Crippen LogP contribution in [0.1, 0.15) is 61.9 Å². The highest BCUT2D eigenvalue weighted by atomic mass is 16.6. The lowest BCUT2D eigenvalue weighted by molar-refractivity contribution is -0.105. The van der Waals surface area contributed by atoms with Crippen molar-refractivity contribution in [2.45, 2.75) is 62.9 Å². The molecule has 4 atom stereocenters. The fraction of sp³-hybridized carbons (Fsp3) is 0.600. The molecule has 4 unspecified atom stereocenters. The molecule has 0 saturated carbocycles. The van der Waals surface area contributed by atoms with Crippen LogP contribution in [0, 0.1) is 68.0 Å². The second kappa shape index (κ2) is 24.7. The quantitative estimate of drug-likeness (QED) is 0.160. The Bertz CT molecular complexity index is 1030. The van der Waals surface area contributed by atoms with Crippen molar-refractivity contribution in [2.24, 2.45) is 0 Å². The van der Waals surface area contributed by atoms with Crippen LogP contribution in [-0.2, 0) is 28.4 Å². The summed E-state index contributed by atoms with van der Waals surface area (Å²) in [5.74, 6) is 0. The molecule has 1 aromatic carbocycles. The Morgan fingerprint density at radius 2 is 0.714 bits per heavy atom. The molecule has 0 aliphatic heterocycles. The van der Waals surface area contributed by atoms with Crippen molar-refractivity contribution < 1.29 is 28.4 Å². The molecule has 0 N–H and O–H groups in total. The van der Waals surface area contributed by atoms with Gasteiger partial charge in [0.15, 0.2) is 0 Å². The van der Waals surface area contributed by atoms with Crippen molar-refractivity contribution in [3.05, 3.63) is 35.4 Å². The van der Waals surface area contributed by atoms with Gasteiger partial charge in [0.2, 0.25) is 0 Å². The van der Waals surface area contributed by atoms with Gasteiger partial charge in [-0.05, 0) is 11.1 Å². The molecule has 0 aromatic heterocycles. The van der Waals surface area contributed by atoms with Crippen molar-refractivity contribution in [3.63, 3.8) is 0 Å². The minimum atomic E-state index is -0.636. The summed E-state index contributed by atoms with van der Waals surface area (Å²) in [5.41, 5.74) is 1.45. The third-order valence-corrected chi connectivity index (χ3v) is 5.66. The smallest absolute Gasteiger partial charge is 0.111 e. The normalized spacial score (nSPS) is 13.2. The van der Waals surface area contributed by atoms with E-state index in [4.69, 9.17) is 60.0 Å². The van der Waals surface area contributed by atoms with Crippen LogP contribution in [0.4, 0.5) is 0 Å². The predicted molar refractivity (Wildman–Crippen MR) is 146 cm³/mol. The molecule has 42 heavy (non-hydrogen) atoms. The molecule has 0 fully saturated rings. The SMILES string of the molecule is N#CCCOCC(OCCC#N)C(OCCC#N)c1ccc(C(OCCC#N)C(COCCC#N)OCCC#N)cc1. The fourth-order valence-electron chi connectivity index (χ4n) is 3.77. The van der Waals surface area contributed by atoms with E-state index in [0.717, 1.165) is 11.1 Å². The van der Waals surface area contributed by atoms with Crippen LogP contribution in [0.5, 0.6) is 0 Å². The van der Waals surface area contributed by atoms with Gasteiger partial charge in [0.1, 0.15) is 24.4 Å². The van der Waals surface area contributed by atoms with Gasteiger partial charge in [-0.2, -0.15) is 31.6 Å². The zero-order valence-corrected chi connectivity index (χ0v) is 23.7. The van der Waals surface area contributed by atoms with E-state index in [9.17, 15) is 0 Å². The Hall–Kier alpha value is -4.08. The lowest BCUT2D eigenvalue weighted by Gasteiger charge is -2.29. The maximum Gasteiger partial charge on any atom is 0.111 e. The average molecular weight is 577 g/mol. The van der Waals surface area contributed by atoms with E-state index in [0.29, 0.717) is 0 Å². The van der Waals surface area contributed by atoms with E-state index in [-0.39, 0.29) is 91.4 Å². The monoisotopic (exact) mass is 576 g/mol. The lowest BCUT2D eigenvalue weighted by atomic mass is 9.98. The van der Waals surface area contributed by atoms with Gasteiger partial charge in [0.25, 0.3) is 0 Å². The van der Waals surface area contributed by atoms with Gasteiger partial charge in [-0.15, -0.1) is 0 Å². The summed E-state index contributed by atoms with van der Waals surface area (Å²) in [4.78, 5) is 0. The second-order valence-electron chi connectivity index (χ2n) is 8.67. The summed E-state index contributed by atoms with van der Waals surface area (Å²) in [6.45, 7) is 1.25. The zero-order valence-electron chi connectivity index (χ0n) is 23.7. The highest BCUT2D eigenvalue weighted by Crippen LogP contribution is 2.30. The summed E-state index contributed by atoms with van der Waals surface area (Å²) >= 11 is 0. The maximum absolute atomic E-state index is 9.03. The van der Waals surface area contributed by atoms with Gasteiger partial charge in [-0.1, -0.05) is 24.3 Å². The molecule has 0 saturated heterocycles. The first-order chi connectivity index (χ1) is 20.7. The van der Waals surface area contributed by atoms with E-state index in [1.807, 2.05) is 48.5 Å². The van der Waals surface area contributed by atoms with Crippen LogP contribution in [0.15, 0.2) is 24.3 Å². The Labute approximate surface area is 247 Å². The summed E-state index contributed by atoms with van der Waals surface area (Å²) in [5, 5.41) is 53.6. The van der Waals surface area contributed by atoms with Crippen LogP contribution in [0.3, 0.4) is 0 Å². The van der Waals surface area contributed by atoms with Gasteiger partial charge < -0.3 is 28.4 Å². The van der Waals surface area contributed by atoms with Crippen molar-refractivity contribution in [3.8, 4) is 36.4 Å². The van der Waals surface area contributed by atoms with Gasteiger partial charge in [0.05, 0.1) is 128 Å². The number of rotatable bonds is 24. The molecule has 12 nitrogen and oxygen atoms in total. The largest absolute Gasteiger partial charge is 0.378 e. The summed E-state index contributed by atoms with van der Waals surface area (Å²) < 4.78 is 35.2. The van der Waals surface area contributed by atoms with E-state index in [1.54, 1.807) is 0 Å². The Kier molecular flexibility index (Phi) is 21.1. The summed E-state index contributed by atoms with van der Waals surface area (Å²) in [7, 11) is 0. The average Bonchev–Trinajstić information content (AvgIpc) is 3.01. The lowest BCUT2D eigenvalue weighted by Crippen LogP contribution is -2.31. The van der Waals surface area contributed by atoms with Gasteiger partial charge in [0, 0.05) is 0 Å². The van der Waals surface area contributed by atoms with Crippen molar-refractivity contribution in [1.82, 2.24) is 0 Å². The van der Waals surface area contributed by atoms with Crippen molar-refractivity contribution >= 4 is 0 Å². The molecular formula is C30H36N6O6. The van der Waals surface area contributed by atoms with Crippen LogP contribution in [-0.4, -0.2) is 65.1 Å². The third-order valence-electron chi connectivity index (χ3n) is 5.66. The van der Waals surface area contributed by atoms with Crippen LogP contribution in [0.2, 0.25) is 0 Å². The highest BCUT2D eigenvalue weighted by molar-refractivity contribution is 5.27. The first-order valence-corrected chi connectivity index (χ1v) is 13.6. The standard InChI is InChI=1S/C30H36N6O6/c31-11-1-17-37-23-27(39-19-3-13-33)29(41-21-5-15-35)25-7-9-26(10-8-25)30(42-22-6-16-36)28(40-20-4-14-34)24-38-18-2-12-32/h7-10,27-30H,1-6,17-24H2. The number of ether oxygens (including phenoxy) is 6. The van der Waals surface area contributed by atoms with Crippen molar-refractivity contribution in [1.29, 1.82) is 31.6 Å². The minimum Gasteiger partial charge on any atom is -0.378 e. The summed E-state index contributed by atoms with van der Waals surface area (Å²) in [6, 6.07) is 19.5. The molecule has 0 bridgehead atoms. The zero-order chi connectivity index (χ0) is 30.7. The van der Waals surface area contributed by atoms with Gasteiger partial charge in [-0.3, -0.25) is 0 Å². The number of benzene rings is 1. The number of hydrogen-bond donors (Lipinski definition) is 0. The van der Waals surface area contributed by atoms with E-state index < -0.39 is 24.4 Å². The number of nitriles is 6. The van der Waals surface area contributed by atoms with Gasteiger partial charge in [-0.25, -0.2) is 0 Å². The summed E-state index contributed by atoms with van der Waals surface area (Å²) in [6.07, 6.45) is -1.40. The van der Waals surface area contributed by atoms with Crippen LogP contribution in [0.25, 0.3) is 0 Å². The van der Waals surface area contributed by atoms with Crippen molar-refractivity contribution in [2.75, 3.05) is 52.9 Å².